The van der Waals surface area contributed by atoms with E-state index in [1.54, 1.807) is 0 Å². The summed E-state index contributed by atoms with van der Waals surface area (Å²) in [4.78, 5) is 19.7. The lowest BCUT2D eigenvalue weighted by Crippen LogP contribution is -2.45. The molecule has 1 aromatic heterocycles. The molecule has 1 aromatic carbocycles. The summed E-state index contributed by atoms with van der Waals surface area (Å²) in [6, 6.07) is 7.75. The van der Waals surface area contributed by atoms with Crippen molar-refractivity contribution in [2.75, 3.05) is 13.1 Å². The van der Waals surface area contributed by atoms with E-state index in [9.17, 15) is 4.79 Å². The van der Waals surface area contributed by atoms with Crippen LogP contribution in [0.25, 0.3) is 11.4 Å². The first kappa shape index (κ1) is 21.3. The number of hydrogen-bond acceptors (Lipinski definition) is 5. The summed E-state index contributed by atoms with van der Waals surface area (Å²) in [7, 11) is 0. The number of hydrogen-bond donors (Lipinski definition) is 1. The van der Waals surface area contributed by atoms with Crippen molar-refractivity contribution in [3.05, 3.63) is 35.2 Å². The van der Waals surface area contributed by atoms with Gasteiger partial charge >= 0.3 is 0 Å². The lowest BCUT2D eigenvalue weighted by Gasteiger charge is -2.32. The van der Waals surface area contributed by atoms with Crippen LogP contribution >= 0.6 is 11.6 Å². The molecule has 1 aliphatic carbocycles. The van der Waals surface area contributed by atoms with Crippen molar-refractivity contribution in [3.63, 3.8) is 0 Å². The van der Waals surface area contributed by atoms with Crippen LogP contribution in [0.1, 0.15) is 63.7 Å². The van der Waals surface area contributed by atoms with Crippen LogP contribution in [0.15, 0.2) is 28.8 Å². The number of amides is 1. The molecule has 1 saturated carbocycles. The summed E-state index contributed by atoms with van der Waals surface area (Å²) in [5, 5.41) is 8.12. The number of piperidine rings is 1. The van der Waals surface area contributed by atoms with Gasteiger partial charge in [-0.2, -0.15) is 4.98 Å². The van der Waals surface area contributed by atoms with Gasteiger partial charge in [0.2, 0.25) is 17.6 Å². The van der Waals surface area contributed by atoms with Crippen LogP contribution in [0.3, 0.4) is 0 Å². The van der Waals surface area contributed by atoms with E-state index < -0.39 is 0 Å². The van der Waals surface area contributed by atoms with Gasteiger partial charge in [0.1, 0.15) is 0 Å². The highest BCUT2D eigenvalue weighted by Gasteiger charge is 2.28. The minimum Gasteiger partial charge on any atom is -0.353 e. The van der Waals surface area contributed by atoms with Gasteiger partial charge in [0.25, 0.3) is 0 Å². The Labute approximate surface area is 183 Å². The standard InChI is InChI=1S/C23H31ClN4O2/c24-19-12-10-17(11-13-19)22-26-21(30-27-22)16-28-14-6-7-18(15-28)23(29)25-20-8-4-2-1-3-5-9-20/h10-13,18,20H,1-9,14-16H2,(H,25,29). The molecule has 2 heterocycles. The molecule has 4 rings (SSSR count). The predicted octanol–water partition coefficient (Wildman–Crippen LogP) is 4.83. The van der Waals surface area contributed by atoms with Crippen molar-refractivity contribution in [1.29, 1.82) is 0 Å². The van der Waals surface area contributed by atoms with Crippen LogP contribution in [-0.4, -0.2) is 40.1 Å². The molecular weight excluding hydrogens is 400 g/mol. The fourth-order valence-electron chi connectivity index (χ4n) is 4.56. The van der Waals surface area contributed by atoms with E-state index in [0.29, 0.717) is 29.3 Å². The first-order valence-corrected chi connectivity index (χ1v) is 11.7. The lowest BCUT2D eigenvalue weighted by molar-refractivity contribution is -0.127. The summed E-state index contributed by atoms with van der Waals surface area (Å²) in [6.07, 6.45) is 10.6. The van der Waals surface area contributed by atoms with Gasteiger partial charge in [0.05, 0.1) is 12.5 Å². The normalized spacial score (nSPS) is 21.7. The Kier molecular flexibility index (Phi) is 7.39. The van der Waals surface area contributed by atoms with E-state index >= 15 is 0 Å². The Bertz CT molecular complexity index is 815. The molecule has 1 aliphatic heterocycles. The number of carbonyl (C=O) groups excluding carboxylic acids is 1. The van der Waals surface area contributed by atoms with E-state index in [2.05, 4.69) is 20.4 Å². The van der Waals surface area contributed by atoms with E-state index in [1.807, 2.05) is 24.3 Å². The number of nitrogens with one attached hydrogen (secondary N) is 1. The predicted molar refractivity (Wildman–Crippen MR) is 117 cm³/mol. The van der Waals surface area contributed by atoms with Crippen molar-refractivity contribution < 1.29 is 9.32 Å². The molecule has 2 aliphatic rings. The monoisotopic (exact) mass is 430 g/mol. The molecule has 1 N–H and O–H groups in total. The van der Waals surface area contributed by atoms with Gasteiger partial charge in [-0.1, -0.05) is 48.9 Å². The summed E-state index contributed by atoms with van der Waals surface area (Å²) in [6.45, 7) is 2.27. The maximum absolute atomic E-state index is 12.9. The molecule has 2 fully saturated rings. The molecule has 0 radical (unpaired) electrons. The number of rotatable bonds is 5. The second kappa shape index (κ2) is 10.4. The molecule has 162 valence electrons. The average Bonchev–Trinajstić information content (AvgIpc) is 3.19. The Morgan fingerprint density at radius 3 is 2.57 bits per heavy atom. The van der Waals surface area contributed by atoms with Crippen LogP contribution in [0.4, 0.5) is 0 Å². The van der Waals surface area contributed by atoms with E-state index in [1.165, 1.54) is 32.1 Å². The zero-order valence-electron chi connectivity index (χ0n) is 17.5. The second-order valence-electron chi connectivity index (χ2n) is 8.64. The molecule has 1 amide bonds. The Morgan fingerprint density at radius 2 is 1.80 bits per heavy atom. The highest BCUT2D eigenvalue weighted by Crippen LogP contribution is 2.23. The van der Waals surface area contributed by atoms with E-state index in [0.717, 1.165) is 44.3 Å². The molecule has 30 heavy (non-hydrogen) atoms. The van der Waals surface area contributed by atoms with Gasteiger partial charge in [-0.25, -0.2) is 0 Å². The molecule has 1 atom stereocenters. The molecule has 0 bridgehead atoms. The van der Waals surface area contributed by atoms with Crippen molar-refractivity contribution >= 4 is 17.5 Å². The maximum atomic E-state index is 12.9. The van der Waals surface area contributed by atoms with Gasteiger partial charge in [0.15, 0.2) is 0 Å². The molecule has 6 nitrogen and oxygen atoms in total. The third kappa shape index (κ3) is 5.82. The SMILES string of the molecule is O=C(NC1CCCCCCC1)C1CCCN(Cc2nc(-c3ccc(Cl)cc3)no2)C1. The van der Waals surface area contributed by atoms with Crippen LogP contribution in [0.5, 0.6) is 0 Å². The zero-order chi connectivity index (χ0) is 20.8. The second-order valence-corrected chi connectivity index (χ2v) is 9.08. The lowest BCUT2D eigenvalue weighted by atomic mass is 9.94. The molecule has 7 heteroatoms. The Hall–Kier alpha value is -1.92. The van der Waals surface area contributed by atoms with Crippen molar-refractivity contribution in [2.45, 2.75) is 70.4 Å². The molecular formula is C23H31ClN4O2. The van der Waals surface area contributed by atoms with Gasteiger partial charge in [0, 0.05) is 23.2 Å². The summed E-state index contributed by atoms with van der Waals surface area (Å²) < 4.78 is 5.46. The van der Waals surface area contributed by atoms with Gasteiger partial charge < -0.3 is 9.84 Å². The van der Waals surface area contributed by atoms with Crippen LogP contribution in [0, 0.1) is 5.92 Å². The summed E-state index contributed by atoms with van der Waals surface area (Å²) >= 11 is 5.95. The highest BCUT2D eigenvalue weighted by atomic mass is 35.5. The number of nitrogens with zero attached hydrogens (tertiary/aromatic N) is 3. The summed E-state index contributed by atoms with van der Waals surface area (Å²) in [5.41, 5.74) is 0.879. The smallest absolute Gasteiger partial charge is 0.241 e. The number of benzene rings is 1. The van der Waals surface area contributed by atoms with Gasteiger partial charge in [-0.15, -0.1) is 0 Å². The first-order chi connectivity index (χ1) is 14.7. The molecule has 1 saturated heterocycles. The van der Waals surface area contributed by atoms with E-state index in [4.69, 9.17) is 16.1 Å². The third-order valence-electron chi connectivity index (χ3n) is 6.26. The van der Waals surface area contributed by atoms with Crippen LogP contribution in [-0.2, 0) is 11.3 Å². The van der Waals surface area contributed by atoms with Gasteiger partial charge in [-0.05, 0) is 56.5 Å². The molecule has 0 spiro atoms. The third-order valence-corrected chi connectivity index (χ3v) is 6.51. The molecule has 1 unspecified atom stereocenters. The Balaban J connectivity index is 1.30. The Morgan fingerprint density at radius 1 is 1.07 bits per heavy atom. The quantitative estimate of drug-likeness (QED) is 0.735. The van der Waals surface area contributed by atoms with Crippen molar-refractivity contribution in [3.8, 4) is 11.4 Å². The average molecular weight is 431 g/mol. The maximum Gasteiger partial charge on any atom is 0.241 e. The fraction of sp³-hybridized carbons (Fsp3) is 0.609. The first-order valence-electron chi connectivity index (χ1n) is 11.3. The zero-order valence-corrected chi connectivity index (χ0v) is 18.2. The van der Waals surface area contributed by atoms with Crippen LogP contribution in [0.2, 0.25) is 5.02 Å². The number of likely N-dealkylation sites (tertiary alicyclic amines) is 1. The topological polar surface area (TPSA) is 71.3 Å². The minimum absolute atomic E-state index is 0.0443. The number of halogens is 1. The fourth-order valence-corrected chi connectivity index (χ4v) is 4.69. The highest BCUT2D eigenvalue weighted by molar-refractivity contribution is 6.30. The largest absolute Gasteiger partial charge is 0.353 e. The van der Waals surface area contributed by atoms with Crippen LogP contribution < -0.4 is 5.32 Å². The summed E-state index contributed by atoms with van der Waals surface area (Å²) in [5.74, 6) is 1.42. The number of aromatic nitrogens is 2. The minimum atomic E-state index is 0.0443. The number of carbonyl (C=O) groups is 1. The molecule has 2 aromatic rings. The van der Waals surface area contributed by atoms with E-state index in [-0.39, 0.29) is 11.8 Å². The van der Waals surface area contributed by atoms with Crippen molar-refractivity contribution in [2.24, 2.45) is 5.92 Å². The van der Waals surface area contributed by atoms with Gasteiger partial charge in [-0.3, -0.25) is 9.69 Å². The van der Waals surface area contributed by atoms with Crippen molar-refractivity contribution in [1.82, 2.24) is 20.4 Å².